The lowest BCUT2D eigenvalue weighted by Gasteiger charge is -2.20. The van der Waals surface area contributed by atoms with Gasteiger partial charge in [0.05, 0.1) is 11.6 Å². The highest BCUT2D eigenvalue weighted by molar-refractivity contribution is 6.04. The largest absolute Gasteiger partial charge is 0.458 e. The Kier molecular flexibility index (Phi) is 5.45. The Morgan fingerprint density at radius 1 is 1.34 bits per heavy atom. The predicted molar refractivity (Wildman–Crippen MR) is 114 cm³/mol. The first kappa shape index (κ1) is 19.0. The van der Waals surface area contributed by atoms with Crippen LogP contribution in [-0.4, -0.2) is 39.1 Å². The van der Waals surface area contributed by atoms with Crippen LogP contribution in [-0.2, 0) is 0 Å². The van der Waals surface area contributed by atoms with Gasteiger partial charge in [-0.2, -0.15) is 5.10 Å². The first-order valence-corrected chi connectivity index (χ1v) is 9.48. The summed E-state index contributed by atoms with van der Waals surface area (Å²) in [6.45, 7) is 2.74. The Hall–Kier alpha value is -3.37. The number of aromatic nitrogens is 4. The van der Waals surface area contributed by atoms with Gasteiger partial charge in [0.1, 0.15) is 23.5 Å². The van der Waals surface area contributed by atoms with Gasteiger partial charge in [0.2, 0.25) is 0 Å². The number of allylic oxidation sites excluding steroid dienone is 3. The van der Waals surface area contributed by atoms with E-state index in [0.717, 1.165) is 41.7 Å². The van der Waals surface area contributed by atoms with Gasteiger partial charge in [0, 0.05) is 11.8 Å². The molecule has 0 saturated carbocycles. The number of nitrogens with zero attached hydrogens (tertiary/aromatic N) is 5. The van der Waals surface area contributed by atoms with E-state index in [9.17, 15) is 0 Å². The Bertz CT molecular complexity index is 1110. The Morgan fingerprint density at radius 2 is 2.17 bits per heavy atom. The quantitative estimate of drug-likeness (QED) is 0.292. The number of terminal acetylenes is 1. The van der Waals surface area contributed by atoms with Crippen LogP contribution in [0.5, 0.6) is 5.75 Å². The summed E-state index contributed by atoms with van der Waals surface area (Å²) in [5, 5.41) is 5.74. The van der Waals surface area contributed by atoms with E-state index >= 15 is 0 Å². The van der Waals surface area contributed by atoms with Crippen LogP contribution in [0, 0.1) is 12.3 Å². The van der Waals surface area contributed by atoms with Crippen molar-refractivity contribution in [2.45, 2.75) is 25.9 Å². The smallest absolute Gasteiger partial charge is 0.185 e. The zero-order valence-electron chi connectivity index (χ0n) is 16.2. The molecule has 3 heterocycles. The summed E-state index contributed by atoms with van der Waals surface area (Å²) in [4.78, 5) is 10.5. The van der Waals surface area contributed by atoms with Crippen molar-refractivity contribution in [3.63, 3.8) is 0 Å². The number of hydrogen-bond donors (Lipinski definition) is 0. The van der Waals surface area contributed by atoms with Gasteiger partial charge >= 0.3 is 0 Å². The van der Waals surface area contributed by atoms with E-state index in [-0.39, 0.29) is 6.17 Å². The lowest BCUT2D eigenvalue weighted by molar-refractivity contribution is 0.306. The Labute approximate surface area is 171 Å². The molecule has 1 aliphatic heterocycles. The molecule has 3 aromatic rings. The molecule has 0 N–H and O–H groups in total. The monoisotopic (exact) mass is 381 g/mol. The second-order valence-corrected chi connectivity index (χ2v) is 6.73. The minimum atomic E-state index is 0.00366. The number of fused-ring (bicyclic) bond motifs is 1. The van der Waals surface area contributed by atoms with Gasteiger partial charge in [-0.3, -0.25) is 0 Å². The number of hydrogen-bond acceptors (Lipinski definition) is 5. The van der Waals surface area contributed by atoms with Crippen molar-refractivity contribution < 1.29 is 4.74 Å². The molecular formula is C22H20BN5O. The summed E-state index contributed by atoms with van der Waals surface area (Å²) < 4.78 is 7.76. The first-order chi connectivity index (χ1) is 14.2. The molecule has 0 unspecified atom stereocenters. The fourth-order valence-electron chi connectivity index (χ4n) is 3.47. The molecule has 1 aliphatic rings. The molecule has 142 valence electrons. The predicted octanol–water partition coefficient (Wildman–Crippen LogP) is 3.64. The van der Waals surface area contributed by atoms with E-state index in [0.29, 0.717) is 11.5 Å². The van der Waals surface area contributed by atoms with Gasteiger partial charge in [0.25, 0.3) is 0 Å². The second-order valence-electron chi connectivity index (χ2n) is 6.73. The van der Waals surface area contributed by atoms with Crippen molar-refractivity contribution in [2.75, 3.05) is 6.54 Å². The fraction of sp³-hybridized carbons (Fsp3) is 0.227. The Balaban J connectivity index is 1.67. The topological polar surface area (TPSA) is 56.1 Å². The zero-order valence-corrected chi connectivity index (χ0v) is 16.2. The molecule has 0 spiro atoms. The van der Waals surface area contributed by atoms with Crippen LogP contribution in [0.3, 0.4) is 0 Å². The zero-order chi connectivity index (χ0) is 20.2. The van der Waals surface area contributed by atoms with Crippen molar-refractivity contribution in [3.05, 3.63) is 60.8 Å². The molecule has 0 bridgehead atoms. The van der Waals surface area contributed by atoms with Crippen molar-refractivity contribution in [1.82, 2.24) is 24.6 Å². The minimum absolute atomic E-state index is 0.00366. The third kappa shape index (κ3) is 3.80. The van der Waals surface area contributed by atoms with E-state index in [2.05, 4.69) is 15.9 Å². The summed E-state index contributed by atoms with van der Waals surface area (Å²) in [6.07, 6.45) is 15.8. The highest BCUT2D eigenvalue weighted by atomic mass is 16.5. The second kappa shape index (κ2) is 8.33. The van der Waals surface area contributed by atoms with E-state index in [4.69, 9.17) is 24.2 Å². The van der Waals surface area contributed by atoms with Gasteiger partial charge in [-0.1, -0.05) is 5.92 Å². The summed E-state index contributed by atoms with van der Waals surface area (Å²) in [5.41, 5.74) is 2.57. The molecule has 2 radical (unpaired) electrons. The molecule has 1 saturated heterocycles. The molecule has 1 atom stereocenters. The molecule has 7 heteroatoms. The average Bonchev–Trinajstić information content (AvgIpc) is 3.35. The minimum Gasteiger partial charge on any atom is -0.458 e. The normalized spacial score (nSPS) is 17.8. The molecule has 0 aliphatic carbocycles. The van der Waals surface area contributed by atoms with Crippen LogP contribution in [0.15, 0.2) is 60.8 Å². The maximum Gasteiger partial charge on any atom is 0.185 e. The standard InChI is InChI=1S/C22H20BN5O/c1-3-5-7-17(4-2)29-18-11-9-16(10-12-18)21-19-14-24-15-25-22(19)28(26-21)20-8-6-13-27(20)23/h1,4-5,7,9-12,14-15,20H,6,8,13H2,2H3/b7-5-,17-4+/t20-/m0/s1. The van der Waals surface area contributed by atoms with Gasteiger partial charge in [-0.25, -0.2) is 14.6 Å². The van der Waals surface area contributed by atoms with Crippen molar-refractivity contribution in [2.24, 2.45) is 0 Å². The van der Waals surface area contributed by atoms with E-state index in [1.54, 1.807) is 24.7 Å². The lowest BCUT2D eigenvalue weighted by Crippen LogP contribution is -2.25. The summed E-state index contributed by atoms with van der Waals surface area (Å²) in [5.74, 6) is 3.86. The third-order valence-corrected chi connectivity index (χ3v) is 4.91. The van der Waals surface area contributed by atoms with Gasteiger partial charge < -0.3 is 9.55 Å². The summed E-state index contributed by atoms with van der Waals surface area (Å²) >= 11 is 0. The average molecular weight is 381 g/mol. The van der Waals surface area contributed by atoms with Crippen LogP contribution in [0.25, 0.3) is 22.3 Å². The van der Waals surface area contributed by atoms with E-state index < -0.39 is 0 Å². The Morgan fingerprint density at radius 3 is 2.86 bits per heavy atom. The van der Waals surface area contributed by atoms with Crippen molar-refractivity contribution in [1.29, 1.82) is 0 Å². The molecule has 0 amide bonds. The summed E-state index contributed by atoms with van der Waals surface area (Å²) in [6, 6.07) is 7.76. The van der Waals surface area contributed by atoms with Crippen LogP contribution in [0.4, 0.5) is 0 Å². The van der Waals surface area contributed by atoms with Gasteiger partial charge in [-0.15, -0.1) is 6.42 Å². The van der Waals surface area contributed by atoms with E-state index in [1.807, 2.05) is 46.8 Å². The molecule has 6 nitrogen and oxygen atoms in total. The molecule has 1 aromatic carbocycles. The highest BCUT2D eigenvalue weighted by Gasteiger charge is 2.26. The van der Waals surface area contributed by atoms with Crippen molar-refractivity contribution in [3.8, 4) is 29.4 Å². The molecule has 1 fully saturated rings. The fourth-order valence-corrected chi connectivity index (χ4v) is 3.47. The lowest BCUT2D eigenvalue weighted by atomic mass is 10.1. The summed E-state index contributed by atoms with van der Waals surface area (Å²) in [7, 11) is 6.15. The van der Waals surface area contributed by atoms with Crippen molar-refractivity contribution >= 4 is 19.0 Å². The number of benzene rings is 1. The molecule has 2 aromatic heterocycles. The van der Waals surface area contributed by atoms with Crippen LogP contribution < -0.4 is 4.74 Å². The maximum absolute atomic E-state index is 6.15. The first-order valence-electron chi connectivity index (χ1n) is 9.48. The van der Waals surface area contributed by atoms with Crippen LogP contribution in [0.1, 0.15) is 25.9 Å². The molecule has 29 heavy (non-hydrogen) atoms. The van der Waals surface area contributed by atoms with Gasteiger partial charge in [0.15, 0.2) is 13.6 Å². The molecule has 4 rings (SSSR count). The highest BCUT2D eigenvalue weighted by Crippen LogP contribution is 2.33. The maximum atomic E-state index is 6.15. The third-order valence-electron chi connectivity index (χ3n) is 4.91. The number of rotatable bonds is 5. The molecular weight excluding hydrogens is 361 g/mol. The van der Waals surface area contributed by atoms with E-state index in [1.165, 1.54) is 0 Å². The van der Waals surface area contributed by atoms with Crippen LogP contribution in [0.2, 0.25) is 0 Å². The SMILES string of the molecule is [B]N1CCC[C@@H]1n1nc(-c2ccc(OC(/C=C\C#C)=C/C)cc2)c2cncnc21. The number of ether oxygens (including phenoxy) is 1. The van der Waals surface area contributed by atoms with Crippen LogP contribution >= 0.6 is 0 Å². The van der Waals surface area contributed by atoms with Gasteiger partial charge in [-0.05, 0) is 68.8 Å².